The first kappa shape index (κ1) is 16.3. The molecule has 8 heteroatoms. The zero-order valence-corrected chi connectivity index (χ0v) is 13.2. The fourth-order valence-corrected chi connectivity index (χ4v) is 3.18. The molecule has 1 amide bonds. The Morgan fingerprint density at radius 2 is 1.75 bits per heavy atom. The Labute approximate surface area is 137 Å². The van der Waals surface area contributed by atoms with Crippen molar-refractivity contribution in [1.82, 2.24) is 4.72 Å². The molecule has 2 aromatic carbocycles. The lowest BCUT2D eigenvalue weighted by Crippen LogP contribution is -2.18. The van der Waals surface area contributed by atoms with Gasteiger partial charge in [-0.3, -0.25) is 4.79 Å². The molecule has 2 aromatic rings. The number of carbonyl (C=O) groups is 1. The number of amides is 1. The largest absolute Gasteiger partial charge is 0.321 e. The molecule has 3 rings (SSSR count). The molecule has 1 aliphatic heterocycles. The van der Waals surface area contributed by atoms with Gasteiger partial charge in [0, 0.05) is 22.9 Å². The van der Waals surface area contributed by atoms with Crippen molar-refractivity contribution in [2.45, 2.75) is 4.90 Å². The second-order valence-corrected chi connectivity index (χ2v) is 7.02. The van der Waals surface area contributed by atoms with E-state index in [0.717, 1.165) is 18.2 Å². The molecule has 2 N–H and O–H groups in total. The number of hydrogen-bond donors (Lipinski definition) is 2. The van der Waals surface area contributed by atoms with E-state index in [1.165, 1.54) is 31.3 Å². The third-order valence-corrected chi connectivity index (χ3v) is 4.96. The van der Waals surface area contributed by atoms with E-state index >= 15 is 0 Å². The number of hydrogen-bond acceptors (Lipinski definition) is 3. The number of fused-ring (bicyclic) bond motifs is 1. The second-order valence-electron chi connectivity index (χ2n) is 5.13. The topological polar surface area (TPSA) is 75.3 Å². The van der Waals surface area contributed by atoms with Crippen LogP contribution in [0.3, 0.4) is 0 Å². The maximum Gasteiger partial charge on any atom is 0.256 e. The molecule has 0 aliphatic carbocycles. The Balaban J connectivity index is 2.14. The van der Waals surface area contributed by atoms with Crippen LogP contribution in [-0.2, 0) is 14.8 Å². The smallest absolute Gasteiger partial charge is 0.256 e. The molecule has 0 saturated carbocycles. The van der Waals surface area contributed by atoms with E-state index in [4.69, 9.17) is 0 Å². The molecule has 0 aromatic heterocycles. The molecule has 5 nitrogen and oxygen atoms in total. The third kappa shape index (κ3) is 2.93. The first-order chi connectivity index (χ1) is 11.3. The summed E-state index contributed by atoms with van der Waals surface area (Å²) in [6.45, 7) is 0. The van der Waals surface area contributed by atoms with Crippen molar-refractivity contribution in [3.8, 4) is 0 Å². The molecule has 0 atom stereocenters. The minimum Gasteiger partial charge on any atom is -0.321 e. The Kier molecular flexibility index (Phi) is 3.94. The average molecular weight is 350 g/mol. The quantitative estimate of drug-likeness (QED) is 0.835. The number of anilines is 1. The molecule has 24 heavy (non-hydrogen) atoms. The van der Waals surface area contributed by atoms with E-state index in [1.54, 1.807) is 0 Å². The number of carbonyl (C=O) groups excluding carboxylic acids is 1. The fourth-order valence-electron chi connectivity index (χ4n) is 2.42. The predicted octanol–water partition coefficient (Wildman–Crippen LogP) is 2.37. The lowest BCUT2D eigenvalue weighted by Gasteiger charge is -2.05. The van der Waals surface area contributed by atoms with Crippen LogP contribution in [0.2, 0.25) is 0 Å². The molecule has 0 spiro atoms. The third-order valence-electron chi connectivity index (χ3n) is 3.55. The molecule has 0 saturated heterocycles. The van der Waals surface area contributed by atoms with Gasteiger partial charge in [-0.1, -0.05) is 0 Å². The van der Waals surface area contributed by atoms with E-state index < -0.39 is 27.6 Å². The Morgan fingerprint density at radius 3 is 2.38 bits per heavy atom. The summed E-state index contributed by atoms with van der Waals surface area (Å²) >= 11 is 0. The minimum absolute atomic E-state index is 0.0171. The zero-order chi connectivity index (χ0) is 17.5. The molecule has 0 unspecified atom stereocenters. The Hall–Kier alpha value is -2.58. The van der Waals surface area contributed by atoms with Gasteiger partial charge in [-0.05, 0) is 49.0 Å². The van der Waals surface area contributed by atoms with E-state index in [-0.39, 0.29) is 16.0 Å². The van der Waals surface area contributed by atoms with Crippen molar-refractivity contribution in [3.63, 3.8) is 0 Å². The maximum atomic E-state index is 13.3. The molecular formula is C16H12F2N2O3S. The maximum absolute atomic E-state index is 13.3. The predicted molar refractivity (Wildman–Crippen MR) is 85.5 cm³/mol. The first-order valence-electron chi connectivity index (χ1n) is 6.87. The Bertz CT molecular complexity index is 965. The van der Waals surface area contributed by atoms with Gasteiger partial charge >= 0.3 is 0 Å². The van der Waals surface area contributed by atoms with E-state index in [0.29, 0.717) is 11.3 Å². The fraction of sp³-hybridized carbons (Fsp3) is 0.0625. The summed E-state index contributed by atoms with van der Waals surface area (Å²) in [5.41, 5.74) is 1.06. The summed E-state index contributed by atoms with van der Waals surface area (Å²) in [6, 6.07) is 7.04. The van der Waals surface area contributed by atoms with Crippen LogP contribution in [0.15, 0.2) is 41.3 Å². The van der Waals surface area contributed by atoms with Crippen molar-refractivity contribution >= 4 is 33.3 Å². The lowest BCUT2D eigenvalue weighted by atomic mass is 10.0. The number of halogens is 2. The molecular weight excluding hydrogens is 338 g/mol. The average Bonchev–Trinajstić information content (AvgIpc) is 2.81. The van der Waals surface area contributed by atoms with Crippen molar-refractivity contribution in [3.05, 3.63) is 59.2 Å². The van der Waals surface area contributed by atoms with Crippen LogP contribution >= 0.6 is 0 Å². The van der Waals surface area contributed by atoms with Crippen molar-refractivity contribution in [2.75, 3.05) is 12.4 Å². The normalized spacial score (nSPS) is 15.5. The lowest BCUT2D eigenvalue weighted by molar-refractivity contribution is -0.110. The number of rotatable bonds is 3. The minimum atomic E-state index is -3.68. The highest BCUT2D eigenvalue weighted by Crippen LogP contribution is 2.34. The molecule has 124 valence electrons. The summed E-state index contributed by atoms with van der Waals surface area (Å²) in [4.78, 5) is 12.1. The zero-order valence-electron chi connectivity index (χ0n) is 12.4. The van der Waals surface area contributed by atoms with Crippen molar-refractivity contribution in [2.24, 2.45) is 0 Å². The van der Waals surface area contributed by atoms with Crippen LogP contribution in [0.5, 0.6) is 0 Å². The summed E-state index contributed by atoms with van der Waals surface area (Å²) < 4.78 is 52.6. The van der Waals surface area contributed by atoms with Crippen LogP contribution in [0, 0.1) is 11.6 Å². The summed E-state index contributed by atoms with van der Waals surface area (Å²) in [5.74, 6) is -2.02. The standard InChI is InChI=1S/C16H12F2N2O3S/c1-19-24(22,23)12-2-3-15-13(8-12)14(16(21)20-15)6-9-4-10(17)7-11(18)5-9/h2-8,19H,1H3,(H,20,21). The molecule has 1 heterocycles. The number of benzene rings is 2. The van der Waals surface area contributed by atoms with Crippen LogP contribution in [0.4, 0.5) is 14.5 Å². The van der Waals surface area contributed by atoms with Gasteiger partial charge in [0.25, 0.3) is 5.91 Å². The number of nitrogens with one attached hydrogen (secondary N) is 2. The Morgan fingerprint density at radius 1 is 1.08 bits per heavy atom. The van der Waals surface area contributed by atoms with E-state index in [2.05, 4.69) is 10.0 Å². The van der Waals surface area contributed by atoms with Crippen molar-refractivity contribution < 1.29 is 22.0 Å². The van der Waals surface area contributed by atoms with Gasteiger partial charge in [0.2, 0.25) is 10.0 Å². The molecule has 1 aliphatic rings. The van der Waals surface area contributed by atoms with Gasteiger partial charge < -0.3 is 5.32 Å². The highest BCUT2D eigenvalue weighted by atomic mass is 32.2. The second kappa shape index (κ2) is 5.81. The summed E-state index contributed by atoms with van der Waals surface area (Å²) in [6.07, 6.45) is 1.31. The van der Waals surface area contributed by atoms with E-state index in [9.17, 15) is 22.0 Å². The van der Waals surface area contributed by atoms with Gasteiger partial charge in [-0.25, -0.2) is 21.9 Å². The highest BCUT2D eigenvalue weighted by Gasteiger charge is 2.26. The summed E-state index contributed by atoms with van der Waals surface area (Å²) in [7, 11) is -2.41. The molecule has 0 fully saturated rings. The van der Waals surface area contributed by atoms with Crippen molar-refractivity contribution in [1.29, 1.82) is 0 Å². The van der Waals surface area contributed by atoms with Crippen LogP contribution in [0.1, 0.15) is 11.1 Å². The SMILES string of the molecule is CNS(=O)(=O)c1ccc2c(c1)C(=Cc1cc(F)cc(F)c1)C(=O)N2. The number of sulfonamides is 1. The van der Waals surface area contributed by atoms with Gasteiger partial charge in [0.05, 0.1) is 4.90 Å². The van der Waals surface area contributed by atoms with Gasteiger partial charge in [0.1, 0.15) is 11.6 Å². The summed E-state index contributed by atoms with van der Waals surface area (Å²) in [5, 5.41) is 2.58. The van der Waals surface area contributed by atoms with E-state index in [1.807, 2.05) is 0 Å². The molecule has 0 bridgehead atoms. The van der Waals surface area contributed by atoms with Gasteiger partial charge in [0.15, 0.2) is 0 Å². The monoisotopic (exact) mass is 350 g/mol. The van der Waals surface area contributed by atoms with Gasteiger partial charge in [-0.15, -0.1) is 0 Å². The van der Waals surface area contributed by atoms with Crippen LogP contribution < -0.4 is 10.0 Å². The van der Waals surface area contributed by atoms with Crippen LogP contribution in [0.25, 0.3) is 11.6 Å². The van der Waals surface area contributed by atoms with Gasteiger partial charge in [-0.2, -0.15) is 0 Å². The highest BCUT2D eigenvalue weighted by molar-refractivity contribution is 7.89. The molecule has 0 radical (unpaired) electrons. The van der Waals surface area contributed by atoms with Crippen LogP contribution in [-0.4, -0.2) is 21.4 Å². The first-order valence-corrected chi connectivity index (χ1v) is 8.35.